The number of benzene rings is 2. The van der Waals surface area contributed by atoms with E-state index in [1.807, 2.05) is 30.3 Å². The molecule has 0 spiro atoms. The van der Waals surface area contributed by atoms with Crippen LogP contribution in [0.5, 0.6) is 5.75 Å². The Hall–Kier alpha value is -2.05. The van der Waals surface area contributed by atoms with E-state index in [1.165, 1.54) is 11.1 Å². The number of ether oxygens (including phenoxy) is 1. The van der Waals surface area contributed by atoms with Crippen molar-refractivity contribution in [2.75, 3.05) is 13.2 Å². The Morgan fingerprint density at radius 2 is 1.70 bits per heavy atom. The van der Waals surface area contributed by atoms with E-state index in [-0.39, 0.29) is 0 Å². The van der Waals surface area contributed by atoms with Crippen LogP contribution in [-0.2, 0) is 6.42 Å². The monoisotopic (exact) mass is 471 g/mol. The van der Waals surface area contributed by atoms with Crippen molar-refractivity contribution in [3.05, 3.63) is 70.3 Å². The van der Waals surface area contributed by atoms with Crippen molar-refractivity contribution in [3.8, 4) is 5.75 Å². The number of rotatable bonds is 5. The first kappa shape index (κ1) is 24.2. The molecule has 10 heteroatoms. The molecule has 0 saturated heterocycles. The number of allylic oxidation sites excluding steroid dienone is 1. The van der Waals surface area contributed by atoms with Crippen molar-refractivity contribution < 1.29 is 34.9 Å². The second-order valence-corrected chi connectivity index (χ2v) is 8.89. The van der Waals surface area contributed by atoms with Gasteiger partial charge in [0.15, 0.2) is 0 Å². The summed E-state index contributed by atoms with van der Waals surface area (Å²) in [5.74, 6) is 0.960. The average molecular weight is 472 g/mol. The van der Waals surface area contributed by atoms with Gasteiger partial charge in [0.2, 0.25) is 5.71 Å². The maximum atomic E-state index is 9.87. The summed E-state index contributed by atoms with van der Waals surface area (Å²) in [7, 11) is -10.7. The van der Waals surface area contributed by atoms with Crippen molar-refractivity contribution in [2.24, 2.45) is 0 Å². The van der Waals surface area contributed by atoms with E-state index in [0.717, 1.165) is 48.0 Å². The van der Waals surface area contributed by atoms with E-state index < -0.39 is 7.81 Å². The third kappa shape index (κ3) is 9.63. The van der Waals surface area contributed by atoms with Crippen molar-refractivity contribution in [1.29, 1.82) is 0 Å². The van der Waals surface area contributed by atoms with Gasteiger partial charge in [0, 0.05) is 23.1 Å². The van der Waals surface area contributed by atoms with Crippen LogP contribution in [0.15, 0.2) is 48.5 Å². The summed E-state index contributed by atoms with van der Waals surface area (Å²) in [6.45, 7) is 3.82. The van der Waals surface area contributed by atoms with Gasteiger partial charge in [-0.2, -0.15) is 0 Å². The minimum absolute atomic E-state index is 0.764. The Labute approximate surface area is 175 Å². The van der Waals surface area contributed by atoms with Crippen molar-refractivity contribution in [1.82, 2.24) is 0 Å². The van der Waals surface area contributed by atoms with Crippen LogP contribution in [0.1, 0.15) is 30.0 Å². The quantitative estimate of drug-likeness (QED) is 0.383. The van der Waals surface area contributed by atoms with Crippen LogP contribution >= 0.6 is 19.4 Å². The average Bonchev–Trinajstić information content (AvgIpc) is 2.63. The van der Waals surface area contributed by atoms with Crippen molar-refractivity contribution >= 4 is 31.2 Å². The van der Waals surface area contributed by atoms with Crippen LogP contribution in [0.4, 0.5) is 25.2 Å². The fourth-order valence-electron chi connectivity index (χ4n) is 2.71. The minimum atomic E-state index is -10.7. The van der Waals surface area contributed by atoms with Crippen molar-refractivity contribution in [2.45, 2.75) is 19.8 Å². The van der Waals surface area contributed by atoms with E-state index in [9.17, 15) is 25.2 Å². The van der Waals surface area contributed by atoms with Gasteiger partial charge in [-0.25, -0.2) is 4.99 Å². The van der Waals surface area contributed by atoms with Gasteiger partial charge in [-0.3, -0.25) is 0 Å². The number of hydrogen-bond donors (Lipinski definition) is 1. The van der Waals surface area contributed by atoms with Gasteiger partial charge in [-0.15, -0.1) is 0 Å². The Morgan fingerprint density at radius 3 is 2.33 bits per heavy atom. The second kappa shape index (κ2) is 8.60. The number of fused-ring (bicyclic) bond motifs is 1. The molecule has 1 aliphatic heterocycles. The number of hydrogen-bond acceptors (Lipinski definition) is 1. The Morgan fingerprint density at radius 1 is 1.03 bits per heavy atom. The van der Waals surface area contributed by atoms with E-state index in [2.05, 4.69) is 36.2 Å². The standard InChI is InChI=1S/C20H20ClNO.F6P/c1-2-13-23-17-8-9-18-16(14-17)11-12-22-20(18)10-7-15-5-3-4-6-19(15)21;1-7(2,3,4,5)6/h3-10,14H,2,11-13H2,1H3;/q;-1/p+1/b10-7-;. The zero-order valence-corrected chi connectivity index (χ0v) is 17.7. The van der Waals surface area contributed by atoms with Gasteiger partial charge in [0.1, 0.15) is 12.3 Å². The third-order valence-electron chi connectivity index (χ3n) is 3.88. The summed E-state index contributed by atoms with van der Waals surface area (Å²) in [5.41, 5.74) is 4.73. The number of nitrogens with one attached hydrogen (secondary N) is 1. The van der Waals surface area contributed by atoms with Crippen LogP contribution < -0.4 is 9.73 Å². The van der Waals surface area contributed by atoms with Gasteiger partial charge >= 0.3 is 33.0 Å². The summed E-state index contributed by atoms with van der Waals surface area (Å²) >= 11 is 6.21. The molecule has 1 aliphatic rings. The predicted octanol–water partition coefficient (Wildman–Crippen LogP) is 6.65. The molecule has 2 aromatic carbocycles. The van der Waals surface area contributed by atoms with E-state index in [1.54, 1.807) is 0 Å². The summed E-state index contributed by atoms with van der Waals surface area (Å²) in [6, 6.07) is 14.2. The van der Waals surface area contributed by atoms with Gasteiger partial charge in [0.05, 0.1) is 6.61 Å². The first-order chi connectivity index (χ1) is 13.7. The fourth-order valence-corrected chi connectivity index (χ4v) is 2.91. The molecule has 0 amide bonds. The SMILES string of the molecule is CCCOc1ccc2c(c1)CC[NH+]=C2/C=C\c1ccccc1Cl.F[P-](F)(F)(F)(F)F. The van der Waals surface area contributed by atoms with Crippen LogP contribution in [0, 0.1) is 0 Å². The molecular formula is C20H21ClF6NOP. The molecule has 0 aromatic heterocycles. The third-order valence-corrected chi connectivity index (χ3v) is 4.23. The molecule has 0 atom stereocenters. The maximum absolute atomic E-state index is 10.7. The molecule has 0 bridgehead atoms. The Kier molecular flexibility index (Phi) is 6.94. The molecule has 2 aromatic rings. The van der Waals surface area contributed by atoms with Gasteiger partial charge in [0.25, 0.3) is 0 Å². The molecule has 0 unspecified atom stereocenters. The summed E-state index contributed by atoms with van der Waals surface area (Å²) < 4.78 is 64.9. The van der Waals surface area contributed by atoms with Crippen LogP contribution in [-0.4, -0.2) is 18.9 Å². The second-order valence-electron chi connectivity index (χ2n) is 6.57. The topological polar surface area (TPSA) is 23.2 Å². The van der Waals surface area contributed by atoms with Gasteiger partial charge in [-0.1, -0.05) is 36.7 Å². The van der Waals surface area contributed by atoms with Gasteiger partial charge < -0.3 is 4.74 Å². The van der Waals surface area contributed by atoms with E-state index >= 15 is 0 Å². The van der Waals surface area contributed by atoms with Crippen LogP contribution in [0.25, 0.3) is 6.08 Å². The van der Waals surface area contributed by atoms with Gasteiger partial charge in [-0.05, 0) is 47.9 Å². The molecule has 0 saturated carbocycles. The van der Waals surface area contributed by atoms with Crippen LogP contribution in [0.3, 0.4) is 0 Å². The molecule has 3 rings (SSSR count). The van der Waals surface area contributed by atoms with Crippen LogP contribution in [0.2, 0.25) is 5.02 Å². The Balaban J connectivity index is 0.000000396. The molecule has 166 valence electrons. The predicted molar refractivity (Wildman–Crippen MR) is 110 cm³/mol. The molecule has 1 heterocycles. The zero-order chi connectivity index (χ0) is 22.5. The molecule has 1 N–H and O–H groups in total. The fraction of sp³-hybridized carbons (Fsp3) is 0.250. The molecule has 0 radical (unpaired) electrons. The normalized spacial score (nSPS) is 15.9. The first-order valence-electron chi connectivity index (χ1n) is 9.09. The summed E-state index contributed by atoms with van der Waals surface area (Å²) in [6.07, 6.45) is 6.20. The van der Waals surface area contributed by atoms with E-state index in [0.29, 0.717) is 0 Å². The summed E-state index contributed by atoms with van der Waals surface area (Å²) in [4.78, 5) is 3.47. The molecule has 30 heavy (non-hydrogen) atoms. The summed E-state index contributed by atoms with van der Waals surface area (Å²) in [5, 5.41) is 0.767. The molecular weight excluding hydrogens is 451 g/mol. The first-order valence-corrected chi connectivity index (χ1v) is 11.5. The molecule has 2 nitrogen and oxygen atoms in total. The van der Waals surface area contributed by atoms with E-state index in [4.69, 9.17) is 16.3 Å². The molecule has 0 fully saturated rings. The zero-order valence-electron chi connectivity index (χ0n) is 16.0. The molecule has 0 aliphatic carbocycles. The Bertz CT molecular complexity index is 946. The van der Waals surface area contributed by atoms with Crippen molar-refractivity contribution in [3.63, 3.8) is 0 Å². The number of halogens is 7.